The van der Waals surface area contributed by atoms with Gasteiger partial charge in [0.25, 0.3) is 0 Å². The van der Waals surface area contributed by atoms with Crippen LogP contribution in [0.3, 0.4) is 0 Å². The number of nitrogens with zero attached hydrogens (tertiary/aromatic N) is 3. The van der Waals surface area contributed by atoms with Gasteiger partial charge in [-0.25, -0.2) is 14.2 Å². The summed E-state index contributed by atoms with van der Waals surface area (Å²) in [4.78, 5) is 22.8. The second-order valence-corrected chi connectivity index (χ2v) is 5.92. The van der Waals surface area contributed by atoms with Crippen LogP contribution in [0.4, 0.5) is 9.18 Å². The topological polar surface area (TPSA) is 55.3 Å². The quantitative estimate of drug-likeness (QED) is 0.784. The van der Waals surface area contributed by atoms with Crippen LogP contribution in [0.25, 0.3) is 23.5 Å². The molecule has 2 rings (SSSR count). The van der Waals surface area contributed by atoms with Crippen LogP contribution in [0.2, 0.25) is 5.02 Å². The Morgan fingerprint density at radius 1 is 1.33 bits per heavy atom. The third kappa shape index (κ3) is 4.71. The lowest BCUT2D eigenvalue weighted by molar-refractivity contribution is 0.155. The van der Waals surface area contributed by atoms with Gasteiger partial charge in [-0.05, 0) is 45.0 Å². The number of carbonyl (C=O) groups is 1. The van der Waals surface area contributed by atoms with E-state index in [1.165, 1.54) is 23.1 Å². The first-order valence-corrected chi connectivity index (χ1v) is 8.92. The second kappa shape index (κ2) is 9.28. The molecule has 0 radical (unpaired) electrons. The summed E-state index contributed by atoms with van der Waals surface area (Å²) in [6.45, 7) is 10.2. The molecule has 1 aromatic heterocycles. The zero-order chi connectivity index (χ0) is 20.0. The minimum atomic E-state index is -0.537. The lowest BCUT2D eigenvalue weighted by atomic mass is 10.2. The molecule has 142 valence electrons. The molecule has 0 saturated heterocycles. The van der Waals surface area contributed by atoms with E-state index in [9.17, 15) is 9.18 Å². The highest BCUT2D eigenvalue weighted by molar-refractivity contribution is 6.31. The number of hydrogen-bond acceptors (Lipinski definition) is 4. The van der Waals surface area contributed by atoms with E-state index in [1.807, 2.05) is 13.8 Å². The molecule has 0 aliphatic heterocycles. The van der Waals surface area contributed by atoms with E-state index in [4.69, 9.17) is 16.3 Å². The highest BCUT2D eigenvalue weighted by Gasteiger charge is 2.16. The Morgan fingerprint density at radius 3 is 2.59 bits per heavy atom. The van der Waals surface area contributed by atoms with Crippen LogP contribution in [0.15, 0.2) is 30.9 Å². The molecule has 1 aromatic carbocycles. The lowest BCUT2D eigenvalue weighted by Gasteiger charge is -2.17. The molecule has 0 aliphatic rings. The van der Waals surface area contributed by atoms with Crippen molar-refractivity contribution >= 4 is 29.8 Å². The fraction of sp³-hybridized carbons (Fsp3) is 0.250. The summed E-state index contributed by atoms with van der Waals surface area (Å²) >= 11 is 5.87. The molecule has 1 heterocycles. The molecule has 7 heteroatoms. The van der Waals surface area contributed by atoms with Crippen LogP contribution in [0, 0.1) is 5.82 Å². The van der Waals surface area contributed by atoms with Crippen molar-refractivity contribution in [2.24, 2.45) is 0 Å². The van der Waals surface area contributed by atoms with Gasteiger partial charge in [-0.15, -0.1) is 0 Å². The smallest absolute Gasteiger partial charge is 0.390 e. The van der Waals surface area contributed by atoms with Gasteiger partial charge in [0.05, 0.1) is 15.6 Å². The number of amides is 1. The molecule has 0 N–H and O–H groups in total. The third-order valence-corrected chi connectivity index (χ3v) is 4.18. The zero-order valence-corrected chi connectivity index (χ0v) is 16.3. The van der Waals surface area contributed by atoms with Gasteiger partial charge in [0.15, 0.2) is 5.82 Å². The number of allylic oxidation sites excluding steroid dienone is 1. The van der Waals surface area contributed by atoms with Crippen molar-refractivity contribution in [1.29, 1.82) is 0 Å². The Kier molecular flexibility index (Phi) is 7.07. The molecule has 0 unspecified atom stereocenters. The molecule has 0 aliphatic carbocycles. The largest absolute Gasteiger partial charge is 0.416 e. The molecule has 5 nitrogen and oxygen atoms in total. The highest BCUT2D eigenvalue weighted by Crippen LogP contribution is 2.22. The number of halogens is 2. The van der Waals surface area contributed by atoms with Crippen LogP contribution < -0.4 is 15.3 Å². The molecule has 27 heavy (non-hydrogen) atoms. The van der Waals surface area contributed by atoms with Crippen LogP contribution >= 0.6 is 11.6 Å². The molecule has 0 atom stereocenters. The van der Waals surface area contributed by atoms with E-state index < -0.39 is 11.9 Å². The summed E-state index contributed by atoms with van der Waals surface area (Å²) in [6.07, 6.45) is 4.50. The van der Waals surface area contributed by atoms with Crippen LogP contribution in [-0.4, -0.2) is 34.1 Å². The number of benzene rings is 1. The number of hydrogen-bond donors (Lipinski definition) is 0. The zero-order valence-electron chi connectivity index (χ0n) is 15.5. The van der Waals surface area contributed by atoms with Crippen molar-refractivity contribution in [3.63, 3.8) is 0 Å². The van der Waals surface area contributed by atoms with Crippen LogP contribution in [-0.2, 0) is 0 Å². The number of rotatable bonds is 5. The summed E-state index contributed by atoms with van der Waals surface area (Å²) < 4.78 is 19.0. The van der Waals surface area contributed by atoms with Gasteiger partial charge in [0.2, 0.25) is 5.88 Å². The maximum Gasteiger partial charge on any atom is 0.416 e. The van der Waals surface area contributed by atoms with Crippen molar-refractivity contribution in [2.45, 2.75) is 20.8 Å². The molecular formula is C20H21ClFN3O2. The monoisotopic (exact) mass is 389 g/mol. The normalized spacial score (nSPS) is 12.2. The number of ether oxygens (including phenoxy) is 1. The number of aromatic nitrogens is 2. The standard InChI is InChI=1S/C20H21ClFN3O2/c1-5-9-17-14(6-2)19(27-20(26)25(7-3)8-4)24-18(23-17)13-10-11-16(22)15(21)12-13/h5-6,9-12H,1,7-8H2,2-4H3/b14-6+,17-9+. The fourth-order valence-electron chi connectivity index (χ4n) is 2.45. The maximum absolute atomic E-state index is 13.5. The van der Waals surface area contributed by atoms with E-state index in [0.717, 1.165) is 0 Å². The Hall–Kier alpha value is -2.73. The summed E-state index contributed by atoms with van der Waals surface area (Å²) in [5.41, 5.74) is 0.503. The van der Waals surface area contributed by atoms with Crippen molar-refractivity contribution in [3.8, 4) is 17.3 Å². The maximum atomic E-state index is 13.5. The summed E-state index contributed by atoms with van der Waals surface area (Å²) in [5, 5.41) is 1.05. The van der Waals surface area contributed by atoms with E-state index >= 15 is 0 Å². The molecular weight excluding hydrogens is 369 g/mol. The van der Waals surface area contributed by atoms with Gasteiger partial charge in [0.1, 0.15) is 5.82 Å². The van der Waals surface area contributed by atoms with Crippen molar-refractivity contribution < 1.29 is 13.9 Å². The first kappa shape index (κ1) is 20.6. The first-order chi connectivity index (χ1) is 12.9. The number of carbonyl (C=O) groups excluding carboxylic acids is 1. The highest BCUT2D eigenvalue weighted by atomic mass is 35.5. The van der Waals surface area contributed by atoms with Gasteiger partial charge in [-0.3, -0.25) is 0 Å². The van der Waals surface area contributed by atoms with Crippen molar-refractivity contribution in [1.82, 2.24) is 14.9 Å². The summed E-state index contributed by atoms with van der Waals surface area (Å²) in [6, 6.07) is 4.17. The lowest BCUT2D eigenvalue weighted by Crippen LogP contribution is -2.37. The Balaban J connectivity index is 2.66. The summed E-state index contributed by atoms with van der Waals surface area (Å²) in [5.74, 6) is -0.157. The molecule has 0 fully saturated rings. The van der Waals surface area contributed by atoms with E-state index in [2.05, 4.69) is 16.5 Å². The van der Waals surface area contributed by atoms with Gasteiger partial charge in [-0.1, -0.05) is 30.3 Å². The van der Waals surface area contributed by atoms with Crippen LogP contribution in [0.5, 0.6) is 5.88 Å². The van der Waals surface area contributed by atoms with Gasteiger partial charge < -0.3 is 9.64 Å². The van der Waals surface area contributed by atoms with Gasteiger partial charge in [-0.2, -0.15) is 4.98 Å². The van der Waals surface area contributed by atoms with Gasteiger partial charge in [0, 0.05) is 18.7 Å². The Bertz CT molecular complexity index is 972. The molecule has 0 spiro atoms. The average molecular weight is 390 g/mol. The average Bonchev–Trinajstić information content (AvgIpc) is 2.65. The van der Waals surface area contributed by atoms with E-state index in [-0.39, 0.29) is 16.7 Å². The van der Waals surface area contributed by atoms with E-state index in [1.54, 1.807) is 25.2 Å². The fourth-order valence-corrected chi connectivity index (χ4v) is 2.63. The molecule has 2 aromatic rings. The predicted octanol–water partition coefficient (Wildman–Crippen LogP) is 3.54. The molecule has 1 amide bonds. The Morgan fingerprint density at radius 2 is 2.04 bits per heavy atom. The van der Waals surface area contributed by atoms with Crippen LogP contribution in [0.1, 0.15) is 20.8 Å². The molecule has 0 saturated carbocycles. The minimum absolute atomic E-state index is 0.0434. The van der Waals surface area contributed by atoms with Crippen molar-refractivity contribution in [2.75, 3.05) is 13.1 Å². The summed E-state index contributed by atoms with van der Waals surface area (Å²) in [7, 11) is 0. The first-order valence-electron chi connectivity index (χ1n) is 8.54. The van der Waals surface area contributed by atoms with Gasteiger partial charge >= 0.3 is 6.09 Å². The predicted molar refractivity (Wildman–Crippen MR) is 105 cm³/mol. The van der Waals surface area contributed by atoms with E-state index in [0.29, 0.717) is 29.2 Å². The molecule has 0 bridgehead atoms. The Labute approximate surface area is 162 Å². The SMILES string of the molecule is C=C/C=c1/nc(-c2ccc(F)c(Cl)c2)nc(OC(=O)N(CC)CC)/c1=C/C. The third-order valence-electron chi connectivity index (χ3n) is 3.89. The minimum Gasteiger partial charge on any atom is -0.390 e. The second-order valence-electron chi connectivity index (χ2n) is 5.51. The van der Waals surface area contributed by atoms with Crippen molar-refractivity contribution in [3.05, 3.63) is 52.3 Å².